The van der Waals surface area contributed by atoms with Crippen molar-refractivity contribution < 1.29 is 0 Å². The van der Waals surface area contributed by atoms with Gasteiger partial charge in [-0.25, -0.2) is 4.98 Å². The van der Waals surface area contributed by atoms with Crippen molar-refractivity contribution in [2.45, 2.75) is 0 Å². The van der Waals surface area contributed by atoms with Crippen LogP contribution in [0.5, 0.6) is 0 Å². The SMILES string of the molecule is Nc1ccccn1.Nc1cccnc1. The second-order valence-corrected chi connectivity index (χ2v) is 2.54. The Hall–Kier alpha value is -2.10. The van der Waals surface area contributed by atoms with Gasteiger partial charge in [-0.1, -0.05) is 6.07 Å². The molecule has 4 nitrogen and oxygen atoms in total. The number of nitrogen functional groups attached to an aromatic ring is 2. The fraction of sp³-hybridized carbons (Fsp3) is 0. The number of nitrogens with zero attached hydrogens (tertiary/aromatic N) is 2. The molecule has 0 saturated heterocycles. The summed E-state index contributed by atoms with van der Waals surface area (Å²) in [5, 5.41) is 0. The second kappa shape index (κ2) is 5.53. The van der Waals surface area contributed by atoms with E-state index < -0.39 is 0 Å². The lowest BCUT2D eigenvalue weighted by Gasteiger charge is -1.83. The molecule has 2 heterocycles. The van der Waals surface area contributed by atoms with Crippen molar-refractivity contribution in [2.24, 2.45) is 0 Å². The highest BCUT2D eigenvalue weighted by Gasteiger charge is 1.74. The summed E-state index contributed by atoms with van der Waals surface area (Å²) in [6.07, 6.45) is 4.96. The van der Waals surface area contributed by atoms with Crippen molar-refractivity contribution in [3.8, 4) is 0 Å². The minimum absolute atomic E-state index is 0.572. The lowest BCUT2D eigenvalue weighted by molar-refractivity contribution is 1.33. The minimum Gasteiger partial charge on any atom is -0.397 e. The van der Waals surface area contributed by atoms with Crippen molar-refractivity contribution in [3.63, 3.8) is 0 Å². The number of aromatic nitrogens is 2. The average molecular weight is 188 g/mol. The maximum absolute atomic E-state index is 5.30. The van der Waals surface area contributed by atoms with E-state index >= 15 is 0 Å². The van der Waals surface area contributed by atoms with E-state index in [2.05, 4.69) is 9.97 Å². The van der Waals surface area contributed by atoms with Gasteiger partial charge in [-0.05, 0) is 24.3 Å². The molecule has 72 valence electrons. The highest BCUT2D eigenvalue weighted by atomic mass is 14.8. The Morgan fingerprint density at radius 2 is 1.79 bits per heavy atom. The smallest absolute Gasteiger partial charge is 0.123 e. The Kier molecular flexibility index (Phi) is 3.94. The zero-order chi connectivity index (χ0) is 10.2. The molecule has 0 amide bonds. The molecule has 0 aromatic carbocycles. The van der Waals surface area contributed by atoms with Gasteiger partial charge in [0.25, 0.3) is 0 Å². The van der Waals surface area contributed by atoms with E-state index in [4.69, 9.17) is 11.5 Å². The lowest BCUT2D eigenvalue weighted by atomic mass is 10.4. The molecule has 0 aliphatic carbocycles. The molecule has 0 aliphatic rings. The quantitative estimate of drug-likeness (QED) is 0.653. The normalized spacial score (nSPS) is 8.57. The first-order valence-electron chi connectivity index (χ1n) is 4.11. The Morgan fingerprint density at radius 1 is 0.929 bits per heavy atom. The summed E-state index contributed by atoms with van der Waals surface area (Å²) in [6, 6.07) is 9.03. The molecule has 0 bridgehead atoms. The standard InChI is InChI=1S/2C5H6N2/c6-5-2-1-3-7-4-5;6-5-3-1-2-4-7-5/h1-4H,6H2;1-4H,(H2,6,7). The fourth-order valence-electron chi connectivity index (χ4n) is 0.752. The molecule has 4 N–H and O–H groups in total. The predicted molar refractivity (Wildman–Crippen MR) is 57.3 cm³/mol. The van der Waals surface area contributed by atoms with Gasteiger partial charge in [0, 0.05) is 18.6 Å². The highest BCUT2D eigenvalue weighted by molar-refractivity contribution is 5.32. The van der Waals surface area contributed by atoms with Gasteiger partial charge < -0.3 is 11.5 Å². The van der Waals surface area contributed by atoms with Gasteiger partial charge in [-0.2, -0.15) is 0 Å². The lowest BCUT2D eigenvalue weighted by Crippen LogP contribution is -1.85. The maximum Gasteiger partial charge on any atom is 0.123 e. The third kappa shape index (κ3) is 4.06. The van der Waals surface area contributed by atoms with Crippen LogP contribution in [0.15, 0.2) is 48.9 Å². The first-order chi connectivity index (χ1) is 6.79. The van der Waals surface area contributed by atoms with E-state index in [1.807, 2.05) is 12.1 Å². The molecule has 2 aromatic heterocycles. The van der Waals surface area contributed by atoms with E-state index in [0.717, 1.165) is 0 Å². The number of hydrogen-bond acceptors (Lipinski definition) is 4. The van der Waals surface area contributed by atoms with Gasteiger partial charge in [0.2, 0.25) is 0 Å². The van der Waals surface area contributed by atoms with Crippen LogP contribution in [-0.2, 0) is 0 Å². The summed E-state index contributed by atoms with van der Waals surface area (Å²) >= 11 is 0. The van der Waals surface area contributed by atoms with Gasteiger partial charge in [0.1, 0.15) is 5.82 Å². The monoisotopic (exact) mass is 188 g/mol. The van der Waals surface area contributed by atoms with Crippen LogP contribution in [-0.4, -0.2) is 9.97 Å². The van der Waals surface area contributed by atoms with Crippen molar-refractivity contribution in [1.82, 2.24) is 9.97 Å². The topological polar surface area (TPSA) is 77.8 Å². The van der Waals surface area contributed by atoms with Crippen LogP contribution in [0.25, 0.3) is 0 Å². The van der Waals surface area contributed by atoms with Crippen LogP contribution < -0.4 is 11.5 Å². The number of nitrogens with two attached hydrogens (primary N) is 2. The number of rotatable bonds is 0. The number of anilines is 2. The van der Waals surface area contributed by atoms with E-state index in [-0.39, 0.29) is 0 Å². The Bertz CT molecular complexity index is 310. The third-order valence-electron chi connectivity index (χ3n) is 1.37. The van der Waals surface area contributed by atoms with Crippen LogP contribution in [0.1, 0.15) is 0 Å². The van der Waals surface area contributed by atoms with Gasteiger partial charge in [-0.15, -0.1) is 0 Å². The van der Waals surface area contributed by atoms with Gasteiger partial charge in [-0.3, -0.25) is 4.98 Å². The van der Waals surface area contributed by atoms with Crippen molar-refractivity contribution >= 4 is 11.5 Å². The summed E-state index contributed by atoms with van der Waals surface area (Å²) in [4.78, 5) is 7.52. The minimum atomic E-state index is 0.572. The summed E-state index contributed by atoms with van der Waals surface area (Å²) in [7, 11) is 0. The molecule has 14 heavy (non-hydrogen) atoms. The van der Waals surface area contributed by atoms with Crippen LogP contribution in [0.2, 0.25) is 0 Å². The molecule has 0 atom stereocenters. The Balaban J connectivity index is 0.000000140. The maximum atomic E-state index is 5.30. The first-order valence-corrected chi connectivity index (χ1v) is 4.11. The van der Waals surface area contributed by atoms with Crippen LogP contribution in [0.3, 0.4) is 0 Å². The molecule has 2 aromatic rings. The summed E-state index contributed by atoms with van der Waals surface area (Å²) < 4.78 is 0. The number of pyridine rings is 2. The van der Waals surface area contributed by atoms with Gasteiger partial charge in [0.05, 0.1) is 5.69 Å². The zero-order valence-electron chi connectivity index (χ0n) is 7.67. The van der Waals surface area contributed by atoms with Gasteiger partial charge >= 0.3 is 0 Å². The summed E-state index contributed by atoms with van der Waals surface area (Å²) in [6.45, 7) is 0. The summed E-state index contributed by atoms with van der Waals surface area (Å²) in [5.74, 6) is 0.572. The fourth-order valence-corrected chi connectivity index (χ4v) is 0.752. The molecule has 0 aliphatic heterocycles. The van der Waals surface area contributed by atoms with E-state index in [1.165, 1.54) is 0 Å². The van der Waals surface area contributed by atoms with Crippen LogP contribution in [0.4, 0.5) is 11.5 Å². The average Bonchev–Trinajstić information content (AvgIpc) is 2.21. The van der Waals surface area contributed by atoms with Crippen LogP contribution in [0, 0.1) is 0 Å². The molecule has 0 unspecified atom stereocenters. The third-order valence-corrected chi connectivity index (χ3v) is 1.37. The molecule has 0 fully saturated rings. The first kappa shape index (κ1) is 9.98. The van der Waals surface area contributed by atoms with Crippen molar-refractivity contribution in [1.29, 1.82) is 0 Å². The van der Waals surface area contributed by atoms with Gasteiger partial charge in [0.15, 0.2) is 0 Å². The molecule has 0 radical (unpaired) electrons. The summed E-state index contributed by atoms with van der Waals surface area (Å²) in [5.41, 5.74) is 11.3. The predicted octanol–water partition coefficient (Wildman–Crippen LogP) is 1.33. The zero-order valence-corrected chi connectivity index (χ0v) is 7.67. The molecule has 0 saturated carbocycles. The largest absolute Gasteiger partial charge is 0.397 e. The molecule has 0 spiro atoms. The molecular weight excluding hydrogens is 176 g/mol. The highest BCUT2D eigenvalue weighted by Crippen LogP contribution is 1.92. The van der Waals surface area contributed by atoms with Crippen molar-refractivity contribution in [3.05, 3.63) is 48.9 Å². The molecular formula is C10H12N4. The number of hydrogen-bond donors (Lipinski definition) is 2. The molecule has 4 heteroatoms. The Morgan fingerprint density at radius 3 is 2.07 bits per heavy atom. The molecule has 2 rings (SSSR count). The van der Waals surface area contributed by atoms with E-state index in [1.54, 1.807) is 36.8 Å². The Labute approximate surface area is 82.6 Å². The second-order valence-electron chi connectivity index (χ2n) is 2.54. The van der Waals surface area contributed by atoms with E-state index in [0.29, 0.717) is 11.5 Å². The van der Waals surface area contributed by atoms with Crippen LogP contribution >= 0.6 is 0 Å². The van der Waals surface area contributed by atoms with Crippen molar-refractivity contribution in [2.75, 3.05) is 11.5 Å². The van der Waals surface area contributed by atoms with E-state index in [9.17, 15) is 0 Å².